The number of methoxy groups -OCH3 is 1. The summed E-state index contributed by atoms with van der Waals surface area (Å²) in [6.07, 6.45) is 3.47. The third-order valence-corrected chi connectivity index (χ3v) is 6.31. The summed E-state index contributed by atoms with van der Waals surface area (Å²) < 4.78 is 28.5. The molecule has 0 saturated carbocycles. The highest BCUT2D eigenvalue weighted by atomic mass is 32.2. The molecular formula is C19H20N4O3S2. The minimum Gasteiger partial charge on any atom is -0.497 e. The number of hydrogen-bond acceptors (Lipinski definition) is 8. The lowest BCUT2D eigenvalue weighted by atomic mass is 10.1. The molecule has 0 N–H and O–H groups in total. The molecular weight excluding hydrogens is 396 g/mol. The first-order valence-corrected chi connectivity index (χ1v) is 11.6. The zero-order valence-corrected chi connectivity index (χ0v) is 17.3. The van der Waals surface area contributed by atoms with Crippen LogP contribution in [0.4, 0.5) is 0 Å². The number of nitrogens with zero attached hydrogens (tertiary/aromatic N) is 4. The van der Waals surface area contributed by atoms with E-state index in [1.54, 1.807) is 24.6 Å². The van der Waals surface area contributed by atoms with Crippen LogP contribution in [-0.2, 0) is 29.3 Å². The van der Waals surface area contributed by atoms with Gasteiger partial charge in [-0.25, -0.2) is 23.4 Å². The molecule has 0 fully saturated rings. The molecule has 0 radical (unpaired) electrons. The molecule has 28 heavy (non-hydrogen) atoms. The van der Waals surface area contributed by atoms with Gasteiger partial charge in [0.2, 0.25) is 15.0 Å². The Bertz CT molecular complexity index is 1090. The highest BCUT2D eigenvalue weighted by Crippen LogP contribution is 2.26. The molecule has 0 atom stereocenters. The zero-order chi connectivity index (χ0) is 19.7. The van der Waals surface area contributed by atoms with Gasteiger partial charge in [0.25, 0.3) is 0 Å². The third kappa shape index (κ3) is 4.06. The standard InChI is InChI=1S/C19H20N4O3S2/c1-26-15-5-3-13(4-6-15)17-12-27-18(21-17)11-23-8-7-16-14(10-23)9-20-19(22-16)28(2,24)25/h3-6,9,12H,7-8,10-11H2,1-2H3. The molecule has 0 unspecified atom stereocenters. The minimum absolute atomic E-state index is 0.0937. The van der Waals surface area contributed by atoms with Gasteiger partial charge < -0.3 is 4.74 Å². The van der Waals surface area contributed by atoms with Crippen LogP contribution in [0.25, 0.3) is 11.3 Å². The number of fused-ring (bicyclic) bond motifs is 1. The topological polar surface area (TPSA) is 85.3 Å². The summed E-state index contributed by atoms with van der Waals surface area (Å²) in [6, 6.07) is 7.87. The molecule has 2 aromatic heterocycles. The second-order valence-electron chi connectivity index (χ2n) is 6.71. The monoisotopic (exact) mass is 416 g/mol. The molecule has 1 aliphatic heterocycles. The van der Waals surface area contributed by atoms with Gasteiger partial charge in [0.05, 0.1) is 25.0 Å². The Labute approximate surface area is 168 Å². The van der Waals surface area contributed by atoms with Gasteiger partial charge in [0, 0.05) is 48.5 Å². The van der Waals surface area contributed by atoms with Gasteiger partial charge in [-0.05, 0) is 24.3 Å². The maximum absolute atomic E-state index is 11.6. The maximum atomic E-state index is 11.6. The molecule has 146 valence electrons. The van der Waals surface area contributed by atoms with E-state index in [1.165, 1.54) is 0 Å². The van der Waals surface area contributed by atoms with Gasteiger partial charge in [0.15, 0.2) is 0 Å². The van der Waals surface area contributed by atoms with Gasteiger partial charge in [-0.2, -0.15) is 0 Å². The highest BCUT2D eigenvalue weighted by Gasteiger charge is 2.21. The summed E-state index contributed by atoms with van der Waals surface area (Å²) in [5.41, 5.74) is 3.82. The fourth-order valence-electron chi connectivity index (χ4n) is 3.14. The van der Waals surface area contributed by atoms with Crippen LogP contribution in [-0.4, -0.2) is 48.2 Å². The first-order valence-electron chi connectivity index (χ1n) is 8.78. The van der Waals surface area contributed by atoms with E-state index in [-0.39, 0.29) is 5.16 Å². The normalized spacial score (nSPS) is 14.6. The lowest BCUT2D eigenvalue weighted by Crippen LogP contribution is -2.31. The lowest BCUT2D eigenvalue weighted by molar-refractivity contribution is 0.242. The van der Waals surface area contributed by atoms with Crippen LogP contribution in [0.5, 0.6) is 5.75 Å². The number of benzene rings is 1. The van der Waals surface area contributed by atoms with Crippen LogP contribution >= 0.6 is 11.3 Å². The molecule has 3 heterocycles. The maximum Gasteiger partial charge on any atom is 0.246 e. The zero-order valence-electron chi connectivity index (χ0n) is 15.6. The highest BCUT2D eigenvalue weighted by molar-refractivity contribution is 7.90. The van der Waals surface area contributed by atoms with E-state index in [4.69, 9.17) is 9.72 Å². The van der Waals surface area contributed by atoms with Crippen molar-refractivity contribution in [2.45, 2.75) is 24.7 Å². The van der Waals surface area contributed by atoms with Gasteiger partial charge in [-0.3, -0.25) is 4.90 Å². The van der Waals surface area contributed by atoms with Crippen molar-refractivity contribution < 1.29 is 13.2 Å². The van der Waals surface area contributed by atoms with Crippen LogP contribution in [0.15, 0.2) is 41.0 Å². The summed E-state index contributed by atoms with van der Waals surface area (Å²) in [7, 11) is -1.73. The van der Waals surface area contributed by atoms with Crippen molar-refractivity contribution in [2.24, 2.45) is 0 Å². The number of aromatic nitrogens is 3. The molecule has 7 nitrogen and oxygen atoms in total. The quantitative estimate of drug-likeness (QED) is 0.591. The second-order valence-corrected chi connectivity index (χ2v) is 9.56. The Hall–Kier alpha value is -2.36. The van der Waals surface area contributed by atoms with Crippen LogP contribution < -0.4 is 4.74 Å². The molecule has 0 spiro atoms. The Kier molecular flexibility index (Phi) is 5.13. The largest absolute Gasteiger partial charge is 0.497 e. The Morgan fingerprint density at radius 3 is 2.71 bits per heavy atom. The summed E-state index contributed by atoms with van der Waals surface area (Å²) in [4.78, 5) is 15.3. The van der Waals surface area contributed by atoms with Crippen molar-refractivity contribution >= 4 is 21.2 Å². The first-order chi connectivity index (χ1) is 13.4. The minimum atomic E-state index is -3.38. The number of ether oxygens (including phenoxy) is 1. The smallest absolute Gasteiger partial charge is 0.246 e. The van der Waals surface area contributed by atoms with Gasteiger partial charge >= 0.3 is 0 Å². The van der Waals surface area contributed by atoms with Crippen molar-refractivity contribution in [1.82, 2.24) is 19.9 Å². The molecule has 0 amide bonds. The third-order valence-electron chi connectivity index (χ3n) is 4.62. The molecule has 0 saturated heterocycles. The average molecular weight is 417 g/mol. The van der Waals surface area contributed by atoms with E-state index < -0.39 is 9.84 Å². The van der Waals surface area contributed by atoms with E-state index in [0.29, 0.717) is 13.0 Å². The second kappa shape index (κ2) is 7.57. The predicted molar refractivity (Wildman–Crippen MR) is 107 cm³/mol. The van der Waals surface area contributed by atoms with Gasteiger partial charge in [-0.1, -0.05) is 0 Å². The molecule has 4 rings (SSSR count). The van der Waals surface area contributed by atoms with E-state index in [9.17, 15) is 8.42 Å². The van der Waals surface area contributed by atoms with E-state index >= 15 is 0 Å². The Morgan fingerprint density at radius 1 is 1.21 bits per heavy atom. The van der Waals surface area contributed by atoms with E-state index in [2.05, 4.69) is 20.2 Å². The summed E-state index contributed by atoms with van der Waals surface area (Å²) in [6.45, 7) is 2.25. The van der Waals surface area contributed by atoms with Crippen molar-refractivity contribution in [3.05, 3.63) is 52.1 Å². The van der Waals surface area contributed by atoms with Crippen molar-refractivity contribution in [3.8, 4) is 17.0 Å². The fraction of sp³-hybridized carbons (Fsp3) is 0.316. The summed E-state index contributed by atoms with van der Waals surface area (Å²) in [5.74, 6) is 0.826. The lowest BCUT2D eigenvalue weighted by Gasteiger charge is -2.27. The van der Waals surface area contributed by atoms with Crippen LogP contribution in [0.1, 0.15) is 16.3 Å². The van der Waals surface area contributed by atoms with Crippen LogP contribution in [0.3, 0.4) is 0 Å². The van der Waals surface area contributed by atoms with Crippen molar-refractivity contribution in [2.75, 3.05) is 19.9 Å². The molecule has 1 aliphatic rings. The SMILES string of the molecule is COc1ccc(-c2csc(CN3CCc4nc(S(C)(=O)=O)ncc4C3)n2)cc1. The first kappa shape index (κ1) is 19.0. The summed E-state index contributed by atoms with van der Waals surface area (Å²) in [5, 5.41) is 3.02. The Morgan fingerprint density at radius 2 is 2.00 bits per heavy atom. The van der Waals surface area contributed by atoms with E-state index in [0.717, 1.165) is 52.6 Å². The van der Waals surface area contributed by atoms with Crippen molar-refractivity contribution in [3.63, 3.8) is 0 Å². The van der Waals surface area contributed by atoms with Crippen LogP contribution in [0.2, 0.25) is 0 Å². The molecule has 9 heteroatoms. The molecule has 1 aromatic carbocycles. The Balaban J connectivity index is 1.45. The van der Waals surface area contributed by atoms with Gasteiger partial charge in [-0.15, -0.1) is 11.3 Å². The van der Waals surface area contributed by atoms with Crippen molar-refractivity contribution in [1.29, 1.82) is 0 Å². The number of rotatable bonds is 5. The predicted octanol–water partition coefficient (Wildman–Crippen LogP) is 2.57. The number of thiazole rings is 1. The van der Waals surface area contributed by atoms with Crippen LogP contribution in [0, 0.1) is 0 Å². The molecule has 3 aromatic rings. The average Bonchev–Trinajstić information content (AvgIpc) is 3.15. The number of hydrogen-bond donors (Lipinski definition) is 0. The molecule has 0 aliphatic carbocycles. The van der Waals surface area contributed by atoms with Gasteiger partial charge in [0.1, 0.15) is 10.8 Å². The summed E-state index contributed by atoms with van der Waals surface area (Å²) >= 11 is 1.64. The van der Waals surface area contributed by atoms with E-state index in [1.807, 2.05) is 24.3 Å². The fourth-order valence-corrected chi connectivity index (χ4v) is 4.50. The molecule has 0 bridgehead atoms. The number of sulfone groups is 1.